The summed E-state index contributed by atoms with van der Waals surface area (Å²) in [5.41, 5.74) is 3.06. The van der Waals surface area contributed by atoms with Gasteiger partial charge in [-0.1, -0.05) is 34.1 Å². The molecule has 0 aliphatic carbocycles. The molecule has 0 N–H and O–H groups in total. The van der Waals surface area contributed by atoms with Crippen molar-refractivity contribution in [3.05, 3.63) is 63.4 Å². The average molecular weight is 356 g/mol. The van der Waals surface area contributed by atoms with E-state index in [1.54, 1.807) is 6.07 Å². The van der Waals surface area contributed by atoms with E-state index in [9.17, 15) is 4.39 Å². The van der Waals surface area contributed by atoms with Crippen LogP contribution in [0.3, 0.4) is 0 Å². The minimum Gasteiger partial charge on any atom is -0.493 e. The number of aryl methyl sites for hydroxylation is 1. The number of fused-ring (bicyclic) bond motifs is 1. The molecule has 0 bridgehead atoms. The van der Waals surface area contributed by atoms with Crippen LogP contribution in [0.1, 0.15) is 28.5 Å². The van der Waals surface area contributed by atoms with Gasteiger partial charge in [0.1, 0.15) is 11.6 Å². The summed E-state index contributed by atoms with van der Waals surface area (Å²) in [5, 5.41) is -0.308. The second-order valence-electron chi connectivity index (χ2n) is 4.85. The Hall–Kier alpha value is -1.06. The van der Waals surface area contributed by atoms with E-state index < -0.39 is 0 Å². The third kappa shape index (κ3) is 2.70. The standard InChI is InChI=1S/C16H13BrClFO/c17-14-9-12(19)4-5-13(14)16(18)11-3-6-15-10(8-11)2-1-7-20-15/h3-6,8-9,16H,1-2,7H2. The molecule has 3 rings (SSSR count). The Balaban J connectivity index is 1.95. The van der Waals surface area contributed by atoms with Gasteiger partial charge in [0.15, 0.2) is 0 Å². The normalized spacial score (nSPS) is 15.3. The summed E-state index contributed by atoms with van der Waals surface area (Å²) < 4.78 is 19.4. The summed E-state index contributed by atoms with van der Waals surface area (Å²) in [4.78, 5) is 0. The molecule has 0 saturated heterocycles. The van der Waals surface area contributed by atoms with Gasteiger partial charge >= 0.3 is 0 Å². The van der Waals surface area contributed by atoms with Crippen molar-refractivity contribution >= 4 is 27.5 Å². The molecule has 1 atom stereocenters. The zero-order chi connectivity index (χ0) is 14.1. The molecule has 0 spiro atoms. The molecular weight excluding hydrogens is 343 g/mol. The number of hydrogen-bond acceptors (Lipinski definition) is 1. The van der Waals surface area contributed by atoms with Crippen molar-refractivity contribution in [3.63, 3.8) is 0 Å². The first-order valence-corrected chi connectivity index (χ1v) is 7.73. The molecule has 1 aliphatic rings. The minimum atomic E-state index is -0.308. The minimum absolute atomic E-state index is 0.275. The molecule has 1 heterocycles. The van der Waals surface area contributed by atoms with Crippen LogP contribution < -0.4 is 4.74 Å². The zero-order valence-corrected chi connectivity index (χ0v) is 13.0. The number of rotatable bonds is 2. The first-order valence-electron chi connectivity index (χ1n) is 6.50. The van der Waals surface area contributed by atoms with Gasteiger partial charge in [-0.15, -0.1) is 11.6 Å². The summed E-state index contributed by atoms with van der Waals surface area (Å²) in [6.45, 7) is 0.778. The third-order valence-corrected chi connectivity index (χ3v) is 4.63. The molecule has 2 aromatic carbocycles. The van der Waals surface area contributed by atoms with Crippen LogP contribution in [-0.2, 0) is 6.42 Å². The maximum atomic E-state index is 13.1. The fourth-order valence-electron chi connectivity index (χ4n) is 2.42. The van der Waals surface area contributed by atoms with Gasteiger partial charge in [0.05, 0.1) is 12.0 Å². The highest BCUT2D eigenvalue weighted by atomic mass is 79.9. The van der Waals surface area contributed by atoms with E-state index in [0.29, 0.717) is 4.47 Å². The molecule has 1 nitrogen and oxygen atoms in total. The number of benzene rings is 2. The lowest BCUT2D eigenvalue weighted by Crippen LogP contribution is -2.09. The summed E-state index contributed by atoms with van der Waals surface area (Å²) in [5.74, 6) is 0.672. The number of hydrogen-bond donors (Lipinski definition) is 0. The smallest absolute Gasteiger partial charge is 0.124 e. The monoisotopic (exact) mass is 354 g/mol. The molecule has 0 fully saturated rings. The van der Waals surface area contributed by atoms with Crippen molar-refractivity contribution in [1.29, 1.82) is 0 Å². The van der Waals surface area contributed by atoms with E-state index in [1.165, 1.54) is 17.7 Å². The summed E-state index contributed by atoms with van der Waals surface area (Å²) in [6.07, 6.45) is 2.04. The molecule has 1 unspecified atom stereocenters. The fourth-order valence-corrected chi connectivity index (χ4v) is 3.46. The van der Waals surface area contributed by atoms with Crippen molar-refractivity contribution < 1.29 is 9.13 Å². The van der Waals surface area contributed by atoms with E-state index in [0.717, 1.165) is 36.3 Å². The first kappa shape index (κ1) is 13.9. The van der Waals surface area contributed by atoms with Crippen LogP contribution >= 0.6 is 27.5 Å². The lowest BCUT2D eigenvalue weighted by atomic mass is 9.98. The first-order chi connectivity index (χ1) is 9.65. The highest BCUT2D eigenvalue weighted by Gasteiger charge is 2.17. The molecule has 2 aromatic rings. The van der Waals surface area contributed by atoms with Gasteiger partial charge in [0, 0.05) is 4.47 Å². The van der Waals surface area contributed by atoms with Gasteiger partial charge in [0.25, 0.3) is 0 Å². The Morgan fingerprint density at radius 2 is 2.05 bits per heavy atom. The maximum Gasteiger partial charge on any atom is 0.124 e. The van der Waals surface area contributed by atoms with Crippen molar-refractivity contribution in [2.75, 3.05) is 6.61 Å². The Kier molecular flexibility index (Phi) is 3.99. The Morgan fingerprint density at radius 1 is 1.20 bits per heavy atom. The number of halogens is 3. The van der Waals surface area contributed by atoms with E-state index in [-0.39, 0.29) is 11.2 Å². The van der Waals surface area contributed by atoms with Gasteiger partial charge in [-0.25, -0.2) is 4.39 Å². The van der Waals surface area contributed by atoms with E-state index in [2.05, 4.69) is 22.0 Å². The largest absolute Gasteiger partial charge is 0.493 e. The van der Waals surface area contributed by atoms with Crippen molar-refractivity contribution in [2.45, 2.75) is 18.2 Å². The van der Waals surface area contributed by atoms with Crippen LogP contribution in [0.5, 0.6) is 5.75 Å². The molecule has 0 radical (unpaired) electrons. The summed E-state index contributed by atoms with van der Waals surface area (Å²) in [6, 6.07) is 10.6. The van der Waals surface area contributed by atoms with Crippen LogP contribution in [0.4, 0.5) is 4.39 Å². The van der Waals surface area contributed by atoms with Crippen molar-refractivity contribution in [2.24, 2.45) is 0 Å². The predicted molar refractivity (Wildman–Crippen MR) is 82.1 cm³/mol. The van der Waals surface area contributed by atoms with Gasteiger partial charge in [0.2, 0.25) is 0 Å². The Morgan fingerprint density at radius 3 is 2.85 bits per heavy atom. The predicted octanol–water partition coefficient (Wildman–Crippen LogP) is 5.24. The molecule has 1 aliphatic heterocycles. The van der Waals surface area contributed by atoms with Crippen LogP contribution in [0.15, 0.2) is 40.9 Å². The molecule has 0 aromatic heterocycles. The van der Waals surface area contributed by atoms with Crippen molar-refractivity contribution in [3.8, 4) is 5.75 Å². The lowest BCUT2D eigenvalue weighted by Gasteiger charge is -2.20. The molecule has 4 heteroatoms. The number of ether oxygens (including phenoxy) is 1. The highest BCUT2D eigenvalue weighted by Crippen LogP contribution is 2.36. The quantitative estimate of drug-likeness (QED) is 0.669. The van der Waals surface area contributed by atoms with Crippen LogP contribution in [0.25, 0.3) is 0 Å². The molecule has 0 saturated carbocycles. The van der Waals surface area contributed by atoms with E-state index in [1.807, 2.05) is 12.1 Å². The fraction of sp³-hybridized carbons (Fsp3) is 0.250. The molecule has 0 amide bonds. The Bertz CT molecular complexity index is 644. The van der Waals surface area contributed by atoms with Crippen LogP contribution in [0.2, 0.25) is 0 Å². The second kappa shape index (κ2) is 5.74. The van der Waals surface area contributed by atoms with E-state index in [4.69, 9.17) is 16.3 Å². The maximum absolute atomic E-state index is 13.1. The van der Waals surface area contributed by atoms with Gasteiger partial charge in [-0.2, -0.15) is 0 Å². The SMILES string of the molecule is Fc1ccc(C(Cl)c2ccc3c(c2)CCCO3)c(Br)c1. The highest BCUT2D eigenvalue weighted by molar-refractivity contribution is 9.10. The lowest BCUT2D eigenvalue weighted by molar-refractivity contribution is 0.288. The van der Waals surface area contributed by atoms with Crippen LogP contribution in [-0.4, -0.2) is 6.61 Å². The Labute approximate surface area is 130 Å². The molecule has 20 heavy (non-hydrogen) atoms. The van der Waals surface area contributed by atoms with Gasteiger partial charge in [-0.3, -0.25) is 0 Å². The molecular formula is C16H13BrClFO. The zero-order valence-electron chi connectivity index (χ0n) is 10.7. The van der Waals surface area contributed by atoms with Gasteiger partial charge in [-0.05, 0) is 47.7 Å². The number of alkyl halides is 1. The van der Waals surface area contributed by atoms with Crippen LogP contribution in [0, 0.1) is 5.82 Å². The summed E-state index contributed by atoms with van der Waals surface area (Å²) >= 11 is 9.91. The summed E-state index contributed by atoms with van der Waals surface area (Å²) in [7, 11) is 0. The topological polar surface area (TPSA) is 9.23 Å². The average Bonchev–Trinajstić information content (AvgIpc) is 2.46. The third-order valence-electron chi connectivity index (χ3n) is 3.46. The van der Waals surface area contributed by atoms with Crippen molar-refractivity contribution in [1.82, 2.24) is 0 Å². The molecule has 104 valence electrons. The second-order valence-corrected chi connectivity index (χ2v) is 6.14. The van der Waals surface area contributed by atoms with Gasteiger partial charge < -0.3 is 4.74 Å². The van der Waals surface area contributed by atoms with E-state index >= 15 is 0 Å².